The van der Waals surface area contributed by atoms with Crippen molar-refractivity contribution in [3.63, 3.8) is 0 Å². The van der Waals surface area contributed by atoms with Gasteiger partial charge in [-0.3, -0.25) is 9.97 Å². The van der Waals surface area contributed by atoms with E-state index < -0.39 is 0 Å². The molecule has 2 aromatic heterocycles. The number of aromatic nitrogens is 2. The van der Waals surface area contributed by atoms with Crippen LogP contribution < -0.4 is 22.5 Å². The van der Waals surface area contributed by atoms with E-state index in [-0.39, 0.29) is 0 Å². The zero-order valence-electron chi connectivity index (χ0n) is 25.9. The van der Waals surface area contributed by atoms with Crippen molar-refractivity contribution in [1.29, 1.82) is 10.5 Å². The summed E-state index contributed by atoms with van der Waals surface area (Å²) in [5.41, 5.74) is 24.4. The minimum atomic E-state index is 0.424. The SMILES string of the molecule is Cc1cc2ncc(C#N)c(Cl)c2cc1C.Cc1cc2ncc(C#N)c(NCCCCCN)c2cc1C.NCCCCCN. The third-order valence-corrected chi connectivity index (χ3v) is 7.64. The molecule has 0 fully saturated rings. The van der Waals surface area contributed by atoms with E-state index in [4.69, 9.17) is 34.1 Å². The van der Waals surface area contributed by atoms with Crippen LogP contribution in [-0.2, 0) is 0 Å². The van der Waals surface area contributed by atoms with Crippen LogP contribution in [0.4, 0.5) is 5.69 Å². The van der Waals surface area contributed by atoms with Gasteiger partial charge in [-0.2, -0.15) is 10.5 Å². The number of fused-ring (bicyclic) bond motifs is 2. The number of pyridine rings is 2. The maximum atomic E-state index is 9.30. The third kappa shape index (κ3) is 10.5. The summed E-state index contributed by atoms with van der Waals surface area (Å²) in [4.78, 5) is 8.60. The van der Waals surface area contributed by atoms with Crippen LogP contribution in [0.3, 0.4) is 0 Å². The topological polar surface area (TPSA) is 163 Å². The quantitative estimate of drug-likeness (QED) is 0.146. The molecule has 43 heavy (non-hydrogen) atoms. The van der Waals surface area contributed by atoms with Crippen LogP contribution in [0.5, 0.6) is 0 Å². The van der Waals surface area contributed by atoms with Crippen molar-refractivity contribution in [3.8, 4) is 12.1 Å². The third-order valence-electron chi connectivity index (χ3n) is 7.23. The molecule has 0 saturated carbocycles. The molecule has 4 aromatic rings. The highest BCUT2D eigenvalue weighted by molar-refractivity contribution is 6.36. The number of halogens is 1. The van der Waals surface area contributed by atoms with Gasteiger partial charge in [-0.25, -0.2) is 0 Å². The summed E-state index contributed by atoms with van der Waals surface area (Å²) in [6.07, 6.45) is 9.80. The Hall–Kier alpha value is -3.79. The van der Waals surface area contributed by atoms with E-state index in [1.165, 1.54) is 29.3 Å². The number of hydrogen-bond acceptors (Lipinski definition) is 8. The lowest BCUT2D eigenvalue weighted by atomic mass is 10.0. The second-order valence-corrected chi connectivity index (χ2v) is 11.0. The number of rotatable bonds is 10. The lowest BCUT2D eigenvalue weighted by Crippen LogP contribution is -2.06. The Morgan fingerprint density at radius 3 is 1.60 bits per heavy atom. The van der Waals surface area contributed by atoms with Gasteiger partial charge in [-0.1, -0.05) is 24.4 Å². The molecule has 8 nitrogen and oxygen atoms in total. The van der Waals surface area contributed by atoms with Crippen LogP contribution >= 0.6 is 11.6 Å². The largest absolute Gasteiger partial charge is 0.383 e. The van der Waals surface area contributed by atoms with E-state index in [2.05, 4.69) is 47.3 Å². The molecule has 0 aliphatic rings. The van der Waals surface area contributed by atoms with E-state index in [0.717, 1.165) is 91.3 Å². The predicted molar refractivity (Wildman–Crippen MR) is 180 cm³/mol. The van der Waals surface area contributed by atoms with Crippen molar-refractivity contribution >= 4 is 39.1 Å². The number of anilines is 1. The number of nitriles is 2. The van der Waals surface area contributed by atoms with Gasteiger partial charge in [-0.05, 0) is 120 Å². The summed E-state index contributed by atoms with van der Waals surface area (Å²) in [6.45, 7) is 11.4. The van der Waals surface area contributed by atoms with Crippen molar-refractivity contribution in [2.75, 3.05) is 31.5 Å². The van der Waals surface area contributed by atoms with Crippen molar-refractivity contribution < 1.29 is 0 Å². The lowest BCUT2D eigenvalue weighted by Gasteiger charge is -2.13. The highest BCUT2D eigenvalue weighted by Crippen LogP contribution is 2.29. The molecule has 0 bridgehead atoms. The fourth-order valence-electron chi connectivity index (χ4n) is 4.35. The first-order valence-corrected chi connectivity index (χ1v) is 15.2. The zero-order valence-corrected chi connectivity index (χ0v) is 26.7. The van der Waals surface area contributed by atoms with Gasteiger partial charge in [0.05, 0.1) is 32.9 Å². The van der Waals surface area contributed by atoms with Crippen LogP contribution in [0, 0.1) is 50.4 Å². The highest BCUT2D eigenvalue weighted by Gasteiger charge is 2.10. The number of nitrogens with two attached hydrogens (primary N) is 3. The van der Waals surface area contributed by atoms with E-state index in [1.807, 2.05) is 32.0 Å². The maximum absolute atomic E-state index is 9.30. The Bertz CT molecular complexity index is 1570. The number of hydrogen-bond donors (Lipinski definition) is 4. The number of nitrogens with zero attached hydrogens (tertiary/aromatic N) is 4. The molecule has 2 heterocycles. The summed E-state index contributed by atoms with van der Waals surface area (Å²) in [5.74, 6) is 0. The molecule has 2 aromatic carbocycles. The monoisotopic (exact) mass is 600 g/mol. The van der Waals surface area contributed by atoms with E-state index in [9.17, 15) is 5.26 Å². The summed E-state index contributed by atoms with van der Waals surface area (Å²) in [5, 5.41) is 23.9. The normalized spacial score (nSPS) is 10.3. The molecule has 0 aliphatic carbocycles. The van der Waals surface area contributed by atoms with Crippen LogP contribution in [0.1, 0.15) is 71.9 Å². The lowest BCUT2D eigenvalue weighted by molar-refractivity contribution is 0.695. The van der Waals surface area contributed by atoms with Gasteiger partial charge >= 0.3 is 0 Å². The molecule has 4 rings (SSSR count). The fourth-order valence-corrected chi connectivity index (χ4v) is 4.59. The smallest absolute Gasteiger partial charge is 0.103 e. The van der Waals surface area contributed by atoms with Gasteiger partial charge in [0, 0.05) is 29.7 Å². The van der Waals surface area contributed by atoms with Crippen molar-refractivity contribution in [2.45, 2.75) is 66.2 Å². The molecule has 228 valence electrons. The Morgan fingerprint density at radius 1 is 0.651 bits per heavy atom. The maximum Gasteiger partial charge on any atom is 0.103 e. The number of unbranched alkanes of at least 4 members (excludes halogenated alkanes) is 4. The van der Waals surface area contributed by atoms with Crippen molar-refractivity contribution in [1.82, 2.24) is 9.97 Å². The minimum Gasteiger partial charge on any atom is -0.383 e. The molecule has 7 N–H and O–H groups in total. The fraction of sp³-hybridized carbons (Fsp3) is 0.412. The second-order valence-electron chi connectivity index (χ2n) is 10.6. The van der Waals surface area contributed by atoms with E-state index in [0.29, 0.717) is 16.1 Å². The summed E-state index contributed by atoms with van der Waals surface area (Å²) in [7, 11) is 0. The number of nitrogens with one attached hydrogen (secondary N) is 1. The zero-order chi connectivity index (χ0) is 31.8. The molecule has 0 unspecified atom stereocenters. The molecule has 0 spiro atoms. The Labute approximate surface area is 261 Å². The molecular weight excluding hydrogens is 556 g/mol. The first-order chi connectivity index (χ1) is 20.7. The average molecular weight is 601 g/mol. The van der Waals surface area contributed by atoms with Gasteiger partial charge in [0.15, 0.2) is 0 Å². The van der Waals surface area contributed by atoms with E-state index in [1.54, 1.807) is 6.20 Å². The summed E-state index contributed by atoms with van der Waals surface area (Å²) in [6, 6.07) is 12.4. The molecule has 0 radical (unpaired) electrons. The number of benzene rings is 2. The average Bonchev–Trinajstić information content (AvgIpc) is 3.00. The molecule has 0 aliphatic heterocycles. The van der Waals surface area contributed by atoms with Crippen molar-refractivity contribution in [2.24, 2.45) is 17.2 Å². The van der Waals surface area contributed by atoms with Gasteiger partial charge in [0.25, 0.3) is 0 Å². The first kappa shape index (κ1) is 35.4. The molecule has 0 atom stereocenters. The molecule has 9 heteroatoms. The Balaban J connectivity index is 0.000000255. The van der Waals surface area contributed by atoms with Crippen LogP contribution in [0.2, 0.25) is 5.02 Å². The van der Waals surface area contributed by atoms with Crippen LogP contribution in [-0.4, -0.2) is 36.1 Å². The second kappa shape index (κ2) is 18.7. The molecule has 0 amide bonds. The van der Waals surface area contributed by atoms with Crippen LogP contribution in [0.15, 0.2) is 36.7 Å². The first-order valence-electron chi connectivity index (χ1n) is 14.8. The highest BCUT2D eigenvalue weighted by atomic mass is 35.5. The van der Waals surface area contributed by atoms with Gasteiger partial charge < -0.3 is 22.5 Å². The standard InChI is InChI=1S/C17H22N4.C12H9ClN2.C5H14N2/c1-12-8-15-16(9-13(12)2)21-11-14(10-19)17(15)20-7-5-3-4-6-18;1-7-3-10-11(4-8(7)2)15-6-9(5-14)12(10)13;6-4-2-1-3-5-7/h8-9,11H,3-7,18H2,1-2H3,(H,20,21);3-4,6H,1-2H3;1-7H2. The Kier molecular flexibility index (Phi) is 15.4. The summed E-state index contributed by atoms with van der Waals surface area (Å²) >= 11 is 6.10. The van der Waals surface area contributed by atoms with Crippen molar-refractivity contribution in [3.05, 3.63) is 75.1 Å². The Morgan fingerprint density at radius 2 is 1.09 bits per heavy atom. The predicted octanol–water partition coefficient (Wildman–Crippen LogP) is 6.72. The van der Waals surface area contributed by atoms with Crippen LogP contribution in [0.25, 0.3) is 21.8 Å². The number of aryl methyl sites for hydroxylation is 4. The van der Waals surface area contributed by atoms with E-state index >= 15 is 0 Å². The van der Waals surface area contributed by atoms with Gasteiger partial charge in [0.1, 0.15) is 12.1 Å². The van der Waals surface area contributed by atoms with Gasteiger partial charge in [-0.15, -0.1) is 0 Å². The van der Waals surface area contributed by atoms with Gasteiger partial charge in [0.2, 0.25) is 0 Å². The molecular formula is C34H45ClN8. The minimum absolute atomic E-state index is 0.424. The summed E-state index contributed by atoms with van der Waals surface area (Å²) < 4.78 is 0. The molecule has 0 saturated heterocycles.